The molecule has 4 heteroatoms. The fourth-order valence-electron chi connectivity index (χ4n) is 2.69. The van der Waals surface area contributed by atoms with Gasteiger partial charge in [-0.05, 0) is 42.5 Å². The molecule has 1 aromatic heterocycles. The second-order valence-corrected chi connectivity index (χ2v) is 7.15. The molecule has 0 aliphatic heterocycles. The summed E-state index contributed by atoms with van der Waals surface area (Å²) < 4.78 is 20.0. The molecule has 0 bridgehead atoms. The van der Waals surface area contributed by atoms with Gasteiger partial charge in [-0.2, -0.15) is 0 Å². The van der Waals surface area contributed by atoms with Crippen LogP contribution in [-0.4, -0.2) is 16.6 Å². The van der Waals surface area contributed by atoms with Crippen molar-refractivity contribution < 1.29 is 9.13 Å². The van der Waals surface area contributed by atoms with Gasteiger partial charge in [0.05, 0.1) is 12.3 Å². The van der Waals surface area contributed by atoms with Gasteiger partial charge in [-0.1, -0.05) is 34.6 Å². The molecule has 0 saturated carbocycles. The lowest BCUT2D eigenvalue weighted by atomic mass is 10.00. The van der Waals surface area contributed by atoms with E-state index < -0.39 is 0 Å². The lowest BCUT2D eigenvalue weighted by Crippen LogP contribution is -2.11. The predicted octanol–water partition coefficient (Wildman–Crippen LogP) is 5.47. The molecule has 0 radical (unpaired) electrons. The third kappa shape index (κ3) is 5.02. The Morgan fingerprint density at radius 3 is 2.46 bits per heavy atom. The van der Waals surface area contributed by atoms with Crippen LogP contribution >= 0.6 is 0 Å². The number of halogens is 1. The molecule has 0 amide bonds. The zero-order chi connectivity index (χ0) is 17.7. The van der Waals surface area contributed by atoms with E-state index in [-0.39, 0.29) is 11.7 Å². The first-order valence-electron chi connectivity index (χ1n) is 8.62. The van der Waals surface area contributed by atoms with Crippen LogP contribution in [0, 0.1) is 17.7 Å². The summed E-state index contributed by atoms with van der Waals surface area (Å²) in [5, 5.41) is 0. The Kier molecular flexibility index (Phi) is 6.29. The fraction of sp³-hybridized carbons (Fsp3) is 0.500. The Balaban J connectivity index is 2.11. The van der Waals surface area contributed by atoms with Crippen molar-refractivity contribution in [1.82, 2.24) is 9.97 Å². The van der Waals surface area contributed by atoms with Crippen LogP contribution < -0.4 is 4.74 Å². The van der Waals surface area contributed by atoms with Crippen LogP contribution in [-0.2, 0) is 0 Å². The van der Waals surface area contributed by atoms with Crippen LogP contribution in [0.25, 0.3) is 11.3 Å². The Morgan fingerprint density at radius 2 is 1.83 bits per heavy atom. The van der Waals surface area contributed by atoms with Gasteiger partial charge < -0.3 is 4.74 Å². The molecule has 0 saturated heterocycles. The molecule has 1 unspecified atom stereocenters. The first kappa shape index (κ1) is 18.4. The topological polar surface area (TPSA) is 35.0 Å². The predicted molar refractivity (Wildman–Crippen MR) is 95.6 cm³/mol. The summed E-state index contributed by atoms with van der Waals surface area (Å²) in [5.41, 5.74) is 1.46. The molecule has 0 aliphatic rings. The fourth-order valence-corrected chi connectivity index (χ4v) is 2.69. The molecule has 0 fully saturated rings. The normalized spacial score (nSPS) is 12.7. The maximum Gasteiger partial charge on any atom is 0.165 e. The molecule has 1 aromatic carbocycles. The number of rotatable bonds is 7. The summed E-state index contributed by atoms with van der Waals surface area (Å²) >= 11 is 0. The first-order chi connectivity index (χ1) is 11.4. The van der Waals surface area contributed by atoms with E-state index in [0.717, 1.165) is 23.5 Å². The molecule has 24 heavy (non-hydrogen) atoms. The summed E-state index contributed by atoms with van der Waals surface area (Å²) in [4.78, 5) is 8.75. The van der Waals surface area contributed by atoms with Crippen molar-refractivity contribution in [2.24, 2.45) is 11.8 Å². The van der Waals surface area contributed by atoms with Crippen molar-refractivity contribution in [3.63, 3.8) is 0 Å². The smallest absolute Gasteiger partial charge is 0.165 e. The largest absolute Gasteiger partial charge is 0.490 e. The summed E-state index contributed by atoms with van der Waals surface area (Å²) in [5.74, 6) is 1.96. The van der Waals surface area contributed by atoms with E-state index in [4.69, 9.17) is 4.74 Å². The third-order valence-corrected chi connectivity index (χ3v) is 3.82. The monoisotopic (exact) mass is 330 g/mol. The van der Waals surface area contributed by atoms with Crippen LogP contribution in [0.5, 0.6) is 5.75 Å². The van der Waals surface area contributed by atoms with Crippen molar-refractivity contribution >= 4 is 0 Å². The number of nitrogens with zero attached hydrogens (tertiary/aromatic N) is 2. The maximum absolute atomic E-state index is 14.3. The van der Waals surface area contributed by atoms with Crippen molar-refractivity contribution in [2.75, 3.05) is 6.61 Å². The first-order valence-corrected chi connectivity index (χ1v) is 8.62. The molecule has 2 rings (SSSR count). The van der Waals surface area contributed by atoms with Gasteiger partial charge in [-0.25, -0.2) is 14.4 Å². The van der Waals surface area contributed by atoms with Crippen LogP contribution in [0.4, 0.5) is 4.39 Å². The molecule has 0 spiro atoms. The lowest BCUT2D eigenvalue weighted by molar-refractivity contribution is 0.230. The minimum absolute atomic E-state index is 0.236. The van der Waals surface area contributed by atoms with Gasteiger partial charge in [-0.15, -0.1) is 0 Å². The van der Waals surface area contributed by atoms with E-state index in [2.05, 4.69) is 30.7 Å². The minimum Gasteiger partial charge on any atom is -0.490 e. The Labute approximate surface area is 144 Å². The van der Waals surface area contributed by atoms with Crippen LogP contribution in [0.15, 0.2) is 30.5 Å². The van der Waals surface area contributed by atoms with Gasteiger partial charge in [-0.3, -0.25) is 0 Å². The number of aromatic nitrogens is 2. The molecule has 1 heterocycles. The van der Waals surface area contributed by atoms with E-state index in [1.54, 1.807) is 18.3 Å². The lowest BCUT2D eigenvalue weighted by Gasteiger charge is -2.15. The van der Waals surface area contributed by atoms with E-state index >= 15 is 0 Å². The summed E-state index contributed by atoms with van der Waals surface area (Å²) in [7, 11) is 0. The Hall–Kier alpha value is -1.97. The summed E-state index contributed by atoms with van der Waals surface area (Å²) in [6, 6.07) is 6.81. The number of hydrogen-bond donors (Lipinski definition) is 0. The van der Waals surface area contributed by atoms with Crippen LogP contribution in [0.3, 0.4) is 0 Å². The van der Waals surface area contributed by atoms with Crippen LogP contribution in [0.2, 0.25) is 0 Å². The van der Waals surface area contributed by atoms with Crippen molar-refractivity contribution in [3.05, 3.63) is 42.1 Å². The van der Waals surface area contributed by atoms with Crippen molar-refractivity contribution in [3.8, 4) is 17.0 Å². The van der Waals surface area contributed by atoms with Gasteiger partial charge >= 0.3 is 0 Å². The van der Waals surface area contributed by atoms with Gasteiger partial charge in [0.2, 0.25) is 0 Å². The number of ether oxygens (including phenoxy) is 1. The molecule has 0 aliphatic carbocycles. The van der Waals surface area contributed by atoms with Gasteiger partial charge in [0.1, 0.15) is 5.82 Å². The molecule has 2 aromatic rings. The SMILES string of the molecule is CC(C)CC(C)COc1ccc(-c2ccnc(C(C)C)n2)cc1F. The Morgan fingerprint density at radius 1 is 1.08 bits per heavy atom. The average molecular weight is 330 g/mol. The summed E-state index contributed by atoms with van der Waals surface area (Å²) in [6.45, 7) is 11.1. The quantitative estimate of drug-likeness (QED) is 0.675. The molecule has 0 N–H and O–H groups in total. The van der Waals surface area contributed by atoms with E-state index in [1.165, 1.54) is 6.07 Å². The number of benzene rings is 1. The zero-order valence-corrected chi connectivity index (χ0v) is 15.2. The third-order valence-electron chi connectivity index (χ3n) is 3.82. The van der Waals surface area contributed by atoms with E-state index in [9.17, 15) is 4.39 Å². The van der Waals surface area contributed by atoms with E-state index in [0.29, 0.717) is 24.2 Å². The maximum atomic E-state index is 14.3. The average Bonchev–Trinajstić information content (AvgIpc) is 2.53. The molecular formula is C20H27FN2O. The van der Waals surface area contributed by atoms with Gasteiger partial charge in [0.25, 0.3) is 0 Å². The Bertz CT molecular complexity index is 670. The molecule has 1 atom stereocenters. The zero-order valence-electron chi connectivity index (χ0n) is 15.2. The molecule has 3 nitrogen and oxygen atoms in total. The number of hydrogen-bond acceptors (Lipinski definition) is 3. The van der Waals surface area contributed by atoms with Gasteiger partial charge in [0.15, 0.2) is 11.6 Å². The highest BCUT2D eigenvalue weighted by Crippen LogP contribution is 2.26. The standard InChI is InChI=1S/C20H27FN2O/c1-13(2)10-15(5)12-24-19-7-6-16(11-17(19)21)18-8-9-22-20(23-18)14(3)4/h6-9,11,13-15H,10,12H2,1-5H3. The second kappa shape index (κ2) is 8.22. The summed E-state index contributed by atoms with van der Waals surface area (Å²) in [6.07, 6.45) is 2.78. The second-order valence-electron chi connectivity index (χ2n) is 7.15. The molecule has 130 valence electrons. The minimum atomic E-state index is -0.353. The van der Waals surface area contributed by atoms with Crippen molar-refractivity contribution in [2.45, 2.75) is 47.0 Å². The molecular weight excluding hydrogens is 303 g/mol. The van der Waals surface area contributed by atoms with Crippen LogP contribution in [0.1, 0.15) is 52.8 Å². The highest BCUT2D eigenvalue weighted by Gasteiger charge is 2.11. The highest BCUT2D eigenvalue weighted by molar-refractivity contribution is 5.60. The van der Waals surface area contributed by atoms with Gasteiger partial charge in [0, 0.05) is 17.7 Å². The van der Waals surface area contributed by atoms with Crippen molar-refractivity contribution in [1.29, 1.82) is 0 Å². The van der Waals surface area contributed by atoms with E-state index in [1.807, 2.05) is 19.9 Å². The highest BCUT2D eigenvalue weighted by atomic mass is 19.1.